The lowest BCUT2D eigenvalue weighted by molar-refractivity contribution is 0.196. The molecule has 2 N–H and O–H groups in total. The number of nitrogens with zero attached hydrogens (tertiary/aromatic N) is 1. The van der Waals surface area contributed by atoms with Crippen molar-refractivity contribution >= 4 is 23.2 Å². The summed E-state index contributed by atoms with van der Waals surface area (Å²) in [6.07, 6.45) is 1.09. The van der Waals surface area contributed by atoms with Gasteiger partial charge in [0, 0.05) is 29.2 Å². The molecule has 0 spiro atoms. The zero-order chi connectivity index (χ0) is 13.0. The molecule has 1 unspecified atom stereocenters. The van der Waals surface area contributed by atoms with E-state index in [-0.39, 0.29) is 12.6 Å². The fourth-order valence-corrected chi connectivity index (χ4v) is 2.70. The Balaban J connectivity index is 2.02. The van der Waals surface area contributed by atoms with Gasteiger partial charge in [0.2, 0.25) is 0 Å². The van der Waals surface area contributed by atoms with Gasteiger partial charge < -0.3 is 10.4 Å². The summed E-state index contributed by atoms with van der Waals surface area (Å²) in [5.74, 6) is 0. The standard InChI is InChI=1S/C13H18Cl2N2O/c14-11-3-2-10(13(15)6-11)7-17-5-1-4-16-12(8-17)9-18/h2-3,6,12,16,18H,1,4-5,7-9H2. The van der Waals surface area contributed by atoms with E-state index in [1.54, 1.807) is 6.07 Å². The Morgan fingerprint density at radius 1 is 1.39 bits per heavy atom. The fourth-order valence-electron chi connectivity index (χ4n) is 2.23. The van der Waals surface area contributed by atoms with Crippen LogP contribution in [-0.2, 0) is 6.54 Å². The highest BCUT2D eigenvalue weighted by atomic mass is 35.5. The lowest BCUT2D eigenvalue weighted by atomic mass is 10.2. The highest BCUT2D eigenvalue weighted by Gasteiger charge is 2.17. The first-order valence-corrected chi connectivity index (χ1v) is 6.95. The topological polar surface area (TPSA) is 35.5 Å². The van der Waals surface area contributed by atoms with Crippen molar-refractivity contribution in [3.05, 3.63) is 33.8 Å². The second-order valence-corrected chi connectivity index (χ2v) is 5.50. The van der Waals surface area contributed by atoms with Crippen molar-refractivity contribution in [3.63, 3.8) is 0 Å². The summed E-state index contributed by atoms with van der Waals surface area (Å²) >= 11 is 12.1. The average molecular weight is 289 g/mol. The Kier molecular flexibility index (Phi) is 5.27. The highest BCUT2D eigenvalue weighted by Crippen LogP contribution is 2.22. The summed E-state index contributed by atoms with van der Waals surface area (Å²) in [6, 6.07) is 5.76. The van der Waals surface area contributed by atoms with Crippen LogP contribution >= 0.6 is 23.2 Å². The maximum atomic E-state index is 9.26. The first kappa shape index (κ1) is 14.1. The van der Waals surface area contributed by atoms with E-state index in [4.69, 9.17) is 23.2 Å². The number of halogens is 2. The Morgan fingerprint density at radius 3 is 2.94 bits per heavy atom. The molecule has 1 saturated heterocycles. The Bertz CT molecular complexity index is 401. The number of hydrogen-bond acceptors (Lipinski definition) is 3. The summed E-state index contributed by atoms with van der Waals surface area (Å²) in [6.45, 7) is 3.78. The molecule has 1 aliphatic rings. The monoisotopic (exact) mass is 288 g/mol. The van der Waals surface area contributed by atoms with Crippen LogP contribution in [0.15, 0.2) is 18.2 Å². The van der Waals surface area contributed by atoms with Gasteiger partial charge >= 0.3 is 0 Å². The van der Waals surface area contributed by atoms with Gasteiger partial charge in [-0.15, -0.1) is 0 Å². The summed E-state index contributed by atoms with van der Waals surface area (Å²) in [5.41, 5.74) is 1.08. The molecule has 18 heavy (non-hydrogen) atoms. The molecule has 1 aromatic rings. The minimum Gasteiger partial charge on any atom is -0.395 e. The van der Waals surface area contributed by atoms with Gasteiger partial charge in [-0.25, -0.2) is 0 Å². The predicted octanol–water partition coefficient (Wildman–Crippen LogP) is 2.15. The van der Waals surface area contributed by atoms with Crippen molar-refractivity contribution in [2.45, 2.75) is 19.0 Å². The van der Waals surface area contributed by atoms with E-state index in [2.05, 4.69) is 10.2 Å². The number of nitrogens with one attached hydrogen (secondary N) is 1. The summed E-state index contributed by atoms with van der Waals surface area (Å²) < 4.78 is 0. The molecule has 0 saturated carbocycles. The molecule has 0 bridgehead atoms. The van der Waals surface area contributed by atoms with Gasteiger partial charge in [-0.1, -0.05) is 29.3 Å². The summed E-state index contributed by atoms with van der Waals surface area (Å²) in [5, 5.41) is 14.0. The normalized spacial score (nSPS) is 21.8. The summed E-state index contributed by atoms with van der Waals surface area (Å²) in [4.78, 5) is 2.32. The van der Waals surface area contributed by atoms with Crippen LogP contribution in [-0.4, -0.2) is 42.3 Å². The molecule has 2 rings (SSSR count). The van der Waals surface area contributed by atoms with E-state index in [9.17, 15) is 5.11 Å². The van der Waals surface area contributed by atoms with E-state index in [0.717, 1.165) is 38.2 Å². The van der Waals surface area contributed by atoms with Crippen LogP contribution in [0.2, 0.25) is 10.0 Å². The maximum Gasteiger partial charge on any atom is 0.0597 e. The Labute approximate surface area is 118 Å². The molecule has 0 radical (unpaired) electrons. The second-order valence-electron chi connectivity index (χ2n) is 4.66. The van der Waals surface area contributed by atoms with Crippen LogP contribution in [0, 0.1) is 0 Å². The van der Waals surface area contributed by atoms with E-state index in [1.807, 2.05) is 12.1 Å². The second kappa shape index (κ2) is 6.73. The SMILES string of the molecule is OCC1CN(Cc2ccc(Cl)cc2Cl)CCCN1. The first-order chi connectivity index (χ1) is 8.69. The number of hydrogen-bond donors (Lipinski definition) is 2. The molecule has 1 aromatic carbocycles. The molecule has 0 amide bonds. The van der Waals surface area contributed by atoms with Crippen LogP contribution in [0.4, 0.5) is 0 Å². The van der Waals surface area contributed by atoms with Crippen molar-refractivity contribution in [1.29, 1.82) is 0 Å². The van der Waals surface area contributed by atoms with Crippen molar-refractivity contribution in [3.8, 4) is 0 Å². The zero-order valence-electron chi connectivity index (χ0n) is 10.2. The van der Waals surface area contributed by atoms with Crippen LogP contribution in [0.1, 0.15) is 12.0 Å². The van der Waals surface area contributed by atoms with Crippen LogP contribution < -0.4 is 5.32 Å². The minimum atomic E-state index is 0.151. The molecule has 1 heterocycles. The van der Waals surface area contributed by atoms with Gasteiger partial charge in [0.1, 0.15) is 0 Å². The van der Waals surface area contributed by atoms with Gasteiger partial charge in [0.15, 0.2) is 0 Å². The third kappa shape index (κ3) is 3.84. The van der Waals surface area contributed by atoms with Gasteiger partial charge in [-0.3, -0.25) is 4.90 Å². The van der Waals surface area contributed by atoms with Gasteiger partial charge in [0.25, 0.3) is 0 Å². The largest absolute Gasteiger partial charge is 0.395 e. The third-order valence-electron chi connectivity index (χ3n) is 3.19. The van der Waals surface area contributed by atoms with Crippen molar-refractivity contribution in [2.24, 2.45) is 0 Å². The lowest BCUT2D eigenvalue weighted by Crippen LogP contribution is -2.39. The summed E-state index contributed by atoms with van der Waals surface area (Å²) in [7, 11) is 0. The average Bonchev–Trinajstić information content (AvgIpc) is 2.58. The van der Waals surface area contributed by atoms with Gasteiger partial charge in [-0.2, -0.15) is 0 Å². The van der Waals surface area contributed by atoms with Gasteiger partial charge in [0.05, 0.1) is 6.61 Å². The van der Waals surface area contributed by atoms with E-state index in [0.29, 0.717) is 10.0 Å². The number of aliphatic hydroxyl groups is 1. The highest BCUT2D eigenvalue weighted by molar-refractivity contribution is 6.35. The van der Waals surface area contributed by atoms with Crippen molar-refractivity contribution in [1.82, 2.24) is 10.2 Å². The third-order valence-corrected chi connectivity index (χ3v) is 3.78. The van der Waals surface area contributed by atoms with Crippen LogP contribution in [0.25, 0.3) is 0 Å². The quantitative estimate of drug-likeness (QED) is 0.895. The van der Waals surface area contributed by atoms with Crippen molar-refractivity contribution in [2.75, 3.05) is 26.2 Å². The first-order valence-electron chi connectivity index (χ1n) is 6.19. The molecule has 1 aliphatic heterocycles. The smallest absolute Gasteiger partial charge is 0.0597 e. The molecule has 0 aromatic heterocycles. The van der Waals surface area contributed by atoms with Crippen LogP contribution in [0.5, 0.6) is 0 Å². The van der Waals surface area contributed by atoms with E-state index >= 15 is 0 Å². The molecular formula is C13H18Cl2N2O. The lowest BCUT2D eigenvalue weighted by Gasteiger charge is -2.23. The predicted molar refractivity (Wildman–Crippen MR) is 75.2 cm³/mol. The molecule has 3 nitrogen and oxygen atoms in total. The van der Waals surface area contributed by atoms with Crippen LogP contribution in [0.3, 0.4) is 0 Å². The molecule has 1 atom stereocenters. The molecule has 0 aliphatic carbocycles. The Hall–Kier alpha value is -0.320. The fraction of sp³-hybridized carbons (Fsp3) is 0.538. The number of benzene rings is 1. The van der Waals surface area contributed by atoms with Gasteiger partial charge in [-0.05, 0) is 37.2 Å². The molecule has 1 fully saturated rings. The molecule has 100 valence electrons. The van der Waals surface area contributed by atoms with E-state index < -0.39 is 0 Å². The Morgan fingerprint density at radius 2 is 2.22 bits per heavy atom. The molecular weight excluding hydrogens is 271 g/mol. The number of rotatable bonds is 3. The van der Waals surface area contributed by atoms with E-state index in [1.165, 1.54) is 0 Å². The number of aliphatic hydroxyl groups excluding tert-OH is 1. The maximum absolute atomic E-state index is 9.26. The van der Waals surface area contributed by atoms with Crippen molar-refractivity contribution < 1.29 is 5.11 Å². The zero-order valence-corrected chi connectivity index (χ0v) is 11.7. The molecule has 5 heteroatoms. The minimum absolute atomic E-state index is 0.151.